The van der Waals surface area contributed by atoms with Gasteiger partial charge in [0.15, 0.2) is 12.6 Å². The Morgan fingerprint density at radius 3 is 1.65 bits per heavy atom. The van der Waals surface area contributed by atoms with Crippen LogP contribution in [0.1, 0.15) is 67.2 Å². The molecule has 2 unspecified atom stereocenters. The zero-order chi connectivity index (χ0) is 24.2. The summed E-state index contributed by atoms with van der Waals surface area (Å²) in [7, 11) is 3.21. The van der Waals surface area contributed by atoms with E-state index in [1.54, 1.807) is 14.2 Å². The van der Waals surface area contributed by atoms with E-state index < -0.39 is 0 Å². The summed E-state index contributed by atoms with van der Waals surface area (Å²) in [6, 6.07) is -0.0653. The van der Waals surface area contributed by atoms with Crippen LogP contribution < -0.4 is 22.9 Å². The first-order chi connectivity index (χ1) is 14.6. The maximum absolute atomic E-state index is 6.09. The standard InChI is InChI=1S/C9H18N2O3.C9H20N2O2.2C2H6/c1-12-8-6(10)2-3-7(14-8)9(11)4-13-5-9;1-9(2,11)7-5-4-6(10)8(12-3)13-7;2*1-2/h6-8H,2-5,10-11H2,1H3;6-8H,4-5,10-11H2,1-3H3;2*1-2H3/t2*6-,7?,8+;;/m11../s1. The van der Waals surface area contributed by atoms with Crippen LogP contribution in [0.2, 0.25) is 0 Å². The molecule has 3 aliphatic heterocycles. The van der Waals surface area contributed by atoms with E-state index in [9.17, 15) is 0 Å². The zero-order valence-electron chi connectivity index (χ0n) is 21.1. The van der Waals surface area contributed by atoms with Crippen molar-refractivity contribution in [3.05, 3.63) is 0 Å². The fourth-order valence-corrected chi connectivity index (χ4v) is 3.58. The SMILES string of the molecule is CC.CC.CO[C@H]1OC(C(C)(C)N)CC[C@H]1N.CO[C@H]1OC(C2(N)COC2)CC[C@H]1N. The third-order valence-electron chi connectivity index (χ3n) is 5.50. The van der Waals surface area contributed by atoms with Crippen LogP contribution in [0.15, 0.2) is 0 Å². The Labute approximate surface area is 189 Å². The molecule has 31 heavy (non-hydrogen) atoms. The second-order valence-corrected chi connectivity index (χ2v) is 8.49. The van der Waals surface area contributed by atoms with Crippen molar-refractivity contribution >= 4 is 0 Å². The van der Waals surface area contributed by atoms with Crippen LogP contribution in [0.25, 0.3) is 0 Å². The second kappa shape index (κ2) is 14.7. The molecule has 0 spiro atoms. The predicted molar refractivity (Wildman–Crippen MR) is 124 cm³/mol. The van der Waals surface area contributed by atoms with Crippen LogP contribution in [-0.2, 0) is 23.7 Å². The molecule has 0 aromatic heterocycles. The maximum atomic E-state index is 6.09. The minimum absolute atomic E-state index is 0.0148. The molecule has 3 saturated heterocycles. The molecule has 0 aliphatic carbocycles. The van der Waals surface area contributed by atoms with E-state index in [1.165, 1.54) is 0 Å². The van der Waals surface area contributed by atoms with Gasteiger partial charge >= 0.3 is 0 Å². The van der Waals surface area contributed by atoms with Crippen molar-refractivity contribution in [3.63, 3.8) is 0 Å². The van der Waals surface area contributed by atoms with Gasteiger partial charge in [0.1, 0.15) is 0 Å². The molecule has 0 aromatic rings. The summed E-state index contributed by atoms with van der Waals surface area (Å²) in [5.74, 6) is 0. The summed E-state index contributed by atoms with van der Waals surface area (Å²) in [6.45, 7) is 13.1. The highest BCUT2D eigenvalue weighted by atomic mass is 16.7. The third kappa shape index (κ3) is 9.19. The molecular formula is C22H50N4O5. The Morgan fingerprint density at radius 2 is 1.26 bits per heavy atom. The number of nitrogens with two attached hydrogens (primary N) is 4. The highest BCUT2D eigenvalue weighted by Gasteiger charge is 2.46. The van der Waals surface area contributed by atoms with E-state index in [0.717, 1.165) is 25.7 Å². The van der Waals surface area contributed by atoms with Crippen LogP contribution in [0.4, 0.5) is 0 Å². The number of ether oxygens (including phenoxy) is 5. The predicted octanol–water partition coefficient (Wildman–Crippen LogP) is 1.45. The summed E-state index contributed by atoms with van der Waals surface area (Å²) in [5.41, 5.74) is 23.0. The van der Waals surface area contributed by atoms with Gasteiger partial charge in [0.05, 0.1) is 43.0 Å². The first-order valence-corrected chi connectivity index (χ1v) is 11.6. The lowest BCUT2D eigenvalue weighted by atomic mass is 9.86. The first-order valence-electron chi connectivity index (χ1n) is 11.6. The van der Waals surface area contributed by atoms with Gasteiger partial charge in [0.2, 0.25) is 0 Å². The average Bonchev–Trinajstić information content (AvgIpc) is 2.75. The lowest BCUT2D eigenvalue weighted by Crippen LogP contribution is -2.68. The molecule has 3 aliphatic rings. The van der Waals surface area contributed by atoms with Gasteiger partial charge in [-0.2, -0.15) is 0 Å². The van der Waals surface area contributed by atoms with E-state index in [-0.39, 0.29) is 47.9 Å². The van der Waals surface area contributed by atoms with Gasteiger partial charge in [0.25, 0.3) is 0 Å². The van der Waals surface area contributed by atoms with Crippen molar-refractivity contribution < 1.29 is 23.7 Å². The Hall–Kier alpha value is -0.360. The van der Waals surface area contributed by atoms with E-state index in [0.29, 0.717) is 13.2 Å². The van der Waals surface area contributed by atoms with Gasteiger partial charge in [0, 0.05) is 19.8 Å². The minimum Gasteiger partial charge on any atom is -0.377 e. The summed E-state index contributed by atoms with van der Waals surface area (Å²) in [4.78, 5) is 0. The number of hydrogen-bond acceptors (Lipinski definition) is 9. The molecule has 8 N–H and O–H groups in total. The molecule has 0 aromatic carbocycles. The lowest BCUT2D eigenvalue weighted by Gasteiger charge is -2.47. The molecule has 3 rings (SSSR count). The minimum atomic E-state index is -0.324. The summed E-state index contributed by atoms with van der Waals surface area (Å²) >= 11 is 0. The molecule has 0 saturated carbocycles. The molecule has 6 atom stereocenters. The largest absolute Gasteiger partial charge is 0.377 e. The normalized spacial score (nSPS) is 34.5. The van der Waals surface area contributed by atoms with Crippen LogP contribution in [0, 0.1) is 0 Å². The molecule has 0 amide bonds. The Morgan fingerprint density at radius 1 is 0.806 bits per heavy atom. The van der Waals surface area contributed by atoms with E-state index in [4.69, 9.17) is 46.6 Å². The van der Waals surface area contributed by atoms with E-state index in [2.05, 4.69) is 0 Å². The molecule has 3 fully saturated rings. The average molecular weight is 451 g/mol. The molecule has 0 radical (unpaired) electrons. The molecular weight excluding hydrogens is 400 g/mol. The maximum Gasteiger partial charge on any atom is 0.172 e. The van der Waals surface area contributed by atoms with Crippen molar-refractivity contribution in [1.29, 1.82) is 0 Å². The van der Waals surface area contributed by atoms with E-state index in [1.807, 2.05) is 41.5 Å². The van der Waals surface area contributed by atoms with Crippen molar-refractivity contribution in [2.24, 2.45) is 22.9 Å². The van der Waals surface area contributed by atoms with E-state index >= 15 is 0 Å². The molecule has 9 nitrogen and oxygen atoms in total. The van der Waals surface area contributed by atoms with Crippen LogP contribution in [-0.4, -0.2) is 75.4 Å². The highest BCUT2D eigenvalue weighted by molar-refractivity contribution is 5.00. The summed E-state index contributed by atoms with van der Waals surface area (Å²) in [5, 5.41) is 0. The van der Waals surface area contributed by atoms with Crippen molar-refractivity contribution in [3.8, 4) is 0 Å². The van der Waals surface area contributed by atoms with Gasteiger partial charge in [-0.15, -0.1) is 0 Å². The fraction of sp³-hybridized carbons (Fsp3) is 1.00. The zero-order valence-corrected chi connectivity index (χ0v) is 21.1. The van der Waals surface area contributed by atoms with Crippen molar-refractivity contribution in [2.45, 2.75) is 115 Å². The summed E-state index contributed by atoms with van der Waals surface area (Å²) in [6.07, 6.45) is 3.02. The molecule has 3 heterocycles. The Kier molecular flexibility index (Phi) is 14.5. The van der Waals surface area contributed by atoms with Gasteiger partial charge < -0.3 is 46.6 Å². The topological polar surface area (TPSA) is 150 Å². The first kappa shape index (κ1) is 30.6. The van der Waals surface area contributed by atoms with Gasteiger partial charge in [-0.3, -0.25) is 0 Å². The fourth-order valence-electron chi connectivity index (χ4n) is 3.58. The monoisotopic (exact) mass is 450 g/mol. The van der Waals surface area contributed by atoms with Gasteiger partial charge in [-0.25, -0.2) is 0 Å². The lowest BCUT2D eigenvalue weighted by molar-refractivity contribution is -0.234. The van der Waals surface area contributed by atoms with Crippen molar-refractivity contribution in [1.82, 2.24) is 0 Å². The second-order valence-electron chi connectivity index (χ2n) is 8.49. The van der Waals surface area contributed by atoms with Crippen LogP contribution in [0.3, 0.4) is 0 Å². The molecule has 9 heteroatoms. The quantitative estimate of drug-likeness (QED) is 0.499. The van der Waals surface area contributed by atoms with Crippen LogP contribution >= 0.6 is 0 Å². The van der Waals surface area contributed by atoms with Gasteiger partial charge in [-0.1, -0.05) is 27.7 Å². The third-order valence-corrected chi connectivity index (χ3v) is 5.50. The molecule has 0 bridgehead atoms. The smallest absolute Gasteiger partial charge is 0.172 e. The molecule has 188 valence electrons. The number of rotatable bonds is 4. The Balaban J connectivity index is 0.000000502. The highest BCUT2D eigenvalue weighted by Crippen LogP contribution is 2.30. The van der Waals surface area contributed by atoms with Gasteiger partial charge in [-0.05, 0) is 39.5 Å². The van der Waals surface area contributed by atoms with Crippen LogP contribution in [0.5, 0.6) is 0 Å². The number of methoxy groups -OCH3 is 2. The number of hydrogen-bond donors (Lipinski definition) is 4. The van der Waals surface area contributed by atoms with Crippen molar-refractivity contribution in [2.75, 3.05) is 27.4 Å². The Bertz CT molecular complexity index is 460. The summed E-state index contributed by atoms with van der Waals surface area (Å²) < 4.78 is 26.7.